The van der Waals surface area contributed by atoms with E-state index in [4.69, 9.17) is 4.74 Å². The van der Waals surface area contributed by atoms with Crippen LogP contribution in [-0.4, -0.2) is 45.8 Å². The number of hydrogen-bond donors (Lipinski definition) is 1. The average molecular weight is 363 g/mol. The number of benzene rings is 1. The van der Waals surface area contributed by atoms with Gasteiger partial charge in [0.15, 0.2) is 0 Å². The predicted octanol–water partition coefficient (Wildman–Crippen LogP) is 3.12. The number of aromatic nitrogens is 2. The fraction of sp³-hybridized carbons (Fsp3) is 0.286. The molecule has 2 aromatic heterocycles. The minimum Gasteiger partial charge on any atom is -0.489 e. The smallest absolute Gasteiger partial charge is 0.295 e. The third kappa shape index (κ3) is 3.43. The normalized spacial score (nSPS) is 15.1. The van der Waals surface area contributed by atoms with Crippen molar-refractivity contribution in [2.24, 2.45) is 0 Å². The Labute approximate surface area is 157 Å². The second-order valence-electron chi connectivity index (χ2n) is 6.80. The van der Waals surface area contributed by atoms with Crippen LogP contribution in [0.4, 0.5) is 0 Å². The summed E-state index contributed by atoms with van der Waals surface area (Å²) in [6, 6.07) is 11.3. The Balaban J connectivity index is 1.43. The van der Waals surface area contributed by atoms with Gasteiger partial charge in [0, 0.05) is 48.7 Å². The third-order valence-electron chi connectivity index (χ3n) is 4.98. The molecule has 4 rings (SSSR count). The first-order valence-corrected chi connectivity index (χ1v) is 9.11. The van der Waals surface area contributed by atoms with Gasteiger partial charge >= 0.3 is 0 Å². The van der Waals surface area contributed by atoms with Crippen molar-refractivity contribution in [3.8, 4) is 5.75 Å². The van der Waals surface area contributed by atoms with Gasteiger partial charge in [0.1, 0.15) is 11.9 Å². The quantitative estimate of drug-likeness (QED) is 0.571. The summed E-state index contributed by atoms with van der Waals surface area (Å²) in [6.45, 7) is 2.85. The van der Waals surface area contributed by atoms with Crippen molar-refractivity contribution < 1.29 is 14.3 Å². The van der Waals surface area contributed by atoms with Gasteiger partial charge in [-0.25, -0.2) is 0 Å². The second kappa shape index (κ2) is 7.23. The molecule has 27 heavy (non-hydrogen) atoms. The molecule has 3 heterocycles. The van der Waals surface area contributed by atoms with Gasteiger partial charge in [0.25, 0.3) is 11.7 Å². The largest absolute Gasteiger partial charge is 0.489 e. The van der Waals surface area contributed by atoms with E-state index in [2.05, 4.69) is 9.97 Å². The number of carbonyl (C=O) groups is 2. The molecule has 1 fully saturated rings. The molecular formula is C21H21N3O3. The standard InChI is InChI=1S/C21H21N3O3/c1-14-19(17-6-2-3-7-18(17)23-14)20(25)21(26)24-11-8-15(9-12-24)27-16-5-4-10-22-13-16/h2-7,10,13,15,23H,8-9,11-12H2,1H3. The van der Waals surface area contributed by atoms with Crippen molar-refractivity contribution in [1.82, 2.24) is 14.9 Å². The summed E-state index contributed by atoms with van der Waals surface area (Å²) in [6.07, 6.45) is 4.80. The summed E-state index contributed by atoms with van der Waals surface area (Å²) < 4.78 is 5.90. The Morgan fingerprint density at radius 1 is 1.15 bits per heavy atom. The molecule has 0 radical (unpaired) electrons. The molecular weight excluding hydrogens is 342 g/mol. The zero-order valence-electron chi connectivity index (χ0n) is 15.1. The van der Waals surface area contributed by atoms with Crippen LogP contribution in [0.1, 0.15) is 28.9 Å². The fourth-order valence-electron chi connectivity index (χ4n) is 3.61. The van der Waals surface area contributed by atoms with Crippen LogP contribution in [0.25, 0.3) is 10.9 Å². The van der Waals surface area contributed by atoms with E-state index >= 15 is 0 Å². The number of H-pyrrole nitrogens is 1. The van der Waals surface area contributed by atoms with Gasteiger partial charge in [-0.3, -0.25) is 14.6 Å². The molecule has 0 saturated carbocycles. The highest BCUT2D eigenvalue weighted by Gasteiger charge is 2.30. The van der Waals surface area contributed by atoms with Crippen LogP contribution in [0.2, 0.25) is 0 Å². The number of nitrogens with zero attached hydrogens (tertiary/aromatic N) is 2. The topological polar surface area (TPSA) is 75.3 Å². The van der Waals surface area contributed by atoms with Crippen LogP contribution in [0, 0.1) is 6.92 Å². The molecule has 1 aromatic carbocycles. The maximum absolute atomic E-state index is 12.9. The average Bonchev–Trinajstić information content (AvgIpc) is 3.04. The summed E-state index contributed by atoms with van der Waals surface area (Å²) in [7, 11) is 0. The summed E-state index contributed by atoms with van der Waals surface area (Å²) in [5.74, 6) is -0.160. The molecule has 138 valence electrons. The molecule has 1 N–H and O–H groups in total. The van der Waals surface area contributed by atoms with E-state index in [-0.39, 0.29) is 6.10 Å². The minimum absolute atomic E-state index is 0.0307. The Morgan fingerprint density at radius 3 is 2.67 bits per heavy atom. The van der Waals surface area contributed by atoms with E-state index in [1.165, 1.54) is 0 Å². The number of amides is 1. The summed E-state index contributed by atoms with van der Waals surface area (Å²) in [5.41, 5.74) is 2.07. The number of hydrogen-bond acceptors (Lipinski definition) is 4. The summed E-state index contributed by atoms with van der Waals surface area (Å²) >= 11 is 0. The Bertz CT molecular complexity index is 973. The van der Waals surface area contributed by atoms with E-state index in [1.54, 1.807) is 17.3 Å². The number of para-hydroxylation sites is 1. The van der Waals surface area contributed by atoms with E-state index in [1.807, 2.05) is 43.3 Å². The molecule has 1 aliphatic rings. The lowest BCUT2D eigenvalue weighted by Crippen LogP contribution is -2.44. The van der Waals surface area contributed by atoms with Crippen molar-refractivity contribution in [1.29, 1.82) is 0 Å². The van der Waals surface area contributed by atoms with Gasteiger partial charge in [0.05, 0.1) is 11.8 Å². The lowest BCUT2D eigenvalue weighted by molar-refractivity contribution is -0.128. The number of piperidine rings is 1. The van der Waals surface area contributed by atoms with Gasteiger partial charge < -0.3 is 14.6 Å². The molecule has 1 aliphatic heterocycles. The third-order valence-corrected chi connectivity index (χ3v) is 4.98. The number of ether oxygens (including phenoxy) is 1. The number of likely N-dealkylation sites (tertiary alicyclic amines) is 1. The molecule has 3 aromatic rings. The van der Waals surface area contributed by atoms with Crippen molar-refractivity contribution >= 4 is 22.6 Å². The monoisotopic (exact) mass is 363 g/mol. The van der Waals surface area contributed by atoms with Gasteiger partial charge in [-0.2, -0.15) is 0 Å². The van der Waals surface area contributed by atoms with Gasteiger partial charge in [0.2, 0.25) is 0 Å². The van der Waals surface area contributed by atoms with Crippen molar-refractivity contribution in [3.05, 3.63) is 60.0 Å². The number of rotatable bonds is 4. The van der Waals surface area contributed by atoms with Crippen LogP contribution in [0.3, 0.4) is 0 Å². The number of aromatic amines is 1. The zero-order chi connectivity index (χ0) is 18.8. The van der Waals surface area contributed by atoms with Gasteiger partial charge in [-0.15, -0.1) is 0 Å². The Morgan fingerprint density at radius 2 is 1.93 bits per heavy atom. The SMILES string of the molecule is Cc1[nH]c2ccccc2c1C(=O)C(=O)N1CCC(Oc2cccnc2)CC1. The van der Waals surface area contributed by atoms with Crippen LogP contribution >= 0.6 is 0 Å². The van der Waals surface area contributed by atoms with Gasteiger partial charge in [-0.05, 0) is 25.1 Å². The van der Waals surface area contributed by atoms with E-state index in [0.717, 1.165) is 22.3 Å². The number of pyridine rings is 1. The Hall–Kier alpha value is -3.15. The first-order chi connectivity index (χ1) is 13.1. The zero-order valence-corrected chi connectivity index (χ0v) is 15.1. The fourth-order valence-corrected chi connectivity index (χ4v) is 3.61. The maximum atomic E-state index is 12.9. The summed E-state index contributed by atoms with van der Waals surface area (Å²) in [5, 5.41) is 0.795. The van der Waals surface area contributed by atoms with E-state index < -0.39 is 11.7 Å². The first kappa shape index (κ1) is 17.3. The molecule has 6 nitrogen and oxygen atoms in total. The number of Topliss-reactive ketones (excluding diaryl/α,β-unsaturated/α-hetero) is 1. The summed E-state index contributed by atoms with van der Waals surface area (Å²) in [4.78, 5) is 34.5. The lowest BCUT2D eigenvalue weighted by atomic mass is 10.0. The molecule has 1 amide bonds. The highest BCUT2D eigenvalue weighted by atomic mass is 16.5. The second-order valence-corrected chi connectivity index (χ2v) is 6.80. The number of carbonyl (C=O) groups excluding carboxylic acids is 2. The van der Waals surface area contributed by atoms with Crippen molar-refractivity contribution in [3.63, 3.8) is 0 Å². The molecule has 1 saturated heterocycles. The van der Waals surface area contributed by atoms with Crippen molar-refractivity contribution in [2.45, 2.75) is 25.9 Å². The molecule has 6 heteroatoms. The molecule has 0 spiro atoms. The molecule has 0 atom stereocenters. The van der Waals surface area contributed by atoms with Crippen LogP contribution in [0.5, 0.6) is 5.75 Å². The van der Waals surface area contributed by atoms with Crippen molar-refractivity contribution in [2.75, 3.05) is 13.1 Å². The number of fused-ring (bicyclic) bond motifs is 1. The predicted molar refractivity (Wildman–Crippen MR) is 102 cm³/mol. The van der Waals surface area contributed by atoms with Gasteiger partial charge in [-0.1, -0.05) is 18.2 Å². The number of ketones is 1. The van der Waals surface area contributed by atoms with Crippen LogP contribution in [-0.2, 0) is 4.79 Å². The molecule has 0 aliphatic carbocycles. The maximum Gasteiger partial charge on any atom is 0.295 e. The minimum atomic E-state index is -0.448. The first-order valence-electron chi connectivity index (χ1n) is 9.11. The van der Waals surface area contributed by atoms with Crippen LogP contribution in [0.15, 0.2) is 48.8 Å². The van der Waals surface area contributed by atoms with E-state index in [0.29, 0.717) is 31.5 Å². The highest BCUT2D eigenvalue weighted by molar-refractivity contribution is 6.45. The molecule has 0 unspecified atom stereocenters. The van der Waals surface area contributed by atoms with Crippen LogP contribution < -0.4 is 4.74 Å². The number of nitrogens with one attached hydrogen (secondary N) is 1. The molecule has 0 bridgehead atoms. The Kier molecular flexibility index (Phi) is 4.62. The van der Waals surface area contributed by atoms with E-state index in [9.17, 15) is 9.59 Å². The number of aryl methyl sites for hydroxylation is 1. The highest BCUT2D eigenvalue weighted by Crippen LogP contribution is 2.24. The lowest BCUT2D eigenvalue weighted by Gasteiger charge is -2.31.